The lowest BCUT2D eigenvalue weighted by molar-refractivity contribution is 0.620. The summed E-state index contributed by atoms with van der Waals surface area (Å²) in [4.78, 5) is 9.79. The molecule has 8 aromatic carbocycles. The number of benzene rings is 8. The molecule has 2 aromatic heterocycles. The molecule has 5 heteroatoms. The van der Waals surface area contributed by atoms with E-state index in [0.29, 0.717) is 11.5 Å². The number of fused-ring (bicyclic) bond motifs is 7. The van der Waals surface area contributed by atoms with Crippen LogP contribution in [0.5, 0.6) is 0 Å². The lowest BCUT2D eigenvalue weighted by Gasteiger charge is -2.30. The molecule has 0 unspecified atom stereocenters. The Bertz CT molecular complexity index is 3110. The lowest BCUT2D eigenvalue weighted by atomic mass is 9.82. The molecule has 0 spiro atoms. The topological polar surface area (TPSA) is 45.7 Å². The second kappa shape index (κ2) is 12.9. The molecule has 0 aliphatic heterocycles. The number of aromatic nitrogens is 1. The normalized spacial score (nSPS) is 12.9. The van der Waals surface area contributed by atoms with Gasteiger partial charge < -0.3 is 18.6 Å². The van der Waals surface area contributed by atoms with Crippen molar-refractivity contribution in [3.05, 3.63) is 199 Å². The first-order valence-corrected chi connectivity index (χ1v) is 19.4. The summed E-state index contributed by atoms with van der Waals surface area (Å²) < 4.78 is 13.5. The molecular formula is C52H37N3O2. The molecule has 11 rings (SSSR count). The zero-order valence-corrected chi connectivity index (χ0v) is 31.6. The number of furan rings is 1. The van der Waals surface area contributed by atoms with Crippen LogP contribution in [0.2, 0.25) is 0 Å². The fourth-order valence-electron chi connectivity index (χ4n) is 8.75. The predicted molar refractivity (Wildman–Crippen MR) is 234 cm³/mol. The summed E-state index contributed by atoms with van der Waals surface area (Å²) in [5, 5.41) is 2.14. The van der Waals surface area contributed by atoms with E-state index in [1.165, 1.54) is 22.3 Å². The average molecular weight is 736 g/mol. The third kappa shape index (κ3) is 5.27. The summed E-state index contributed by atoms with van der Waals surface area (Å²) in [6, 6.07) is 65.8. The van der Waals surface area contributed by atoms with E-state index in [9.17, 15) is 0 Å². The van der Waals surface area contributed by atoms with Crippen molar-refractivity contribution in [2.75, 3.05) is 9.80 Å². The maximum Gasteiger partial charge on any atom is 0.227 e. The summed E-state index contributed by atoms with van der Waals surface area (Å²) in [5.41, 5.74) is 14.8. The third-order valence-electron chi connectivity index (χ3n) is 11.5. The van der Waals surface area contributed by atoms with Gasteiger partial charge in [-0.2, -0.15) is 0 Å². The maximum atomic E-state index is 6.86. The zero-order chi connectivity index (χ0) is 38.1. The summed E-state index contributed by atoms with van der Waals surface area (Å²) in [5.74, 6) is 0.563. The smallest absolute Gasteiger partial charge is 0.227 e. The summed E-state index contributed by atoms with van der Waals surface area (Å²) >= 11 is 0. The van der Waals surface area contributed by atoms with Crippen molar-refractivity contribution in [3.8, 4) is 22.6 Å². The summed E-state index contributed by atoms with van der Waals surface area (Å²) in [6.07, 6.45) is 0. The second-order valence-electron chi connectivity index (χ2n) is 15.2. The molecular weight excluding hydrogens is 699 g/mol. The fourth-order valence-corrected chi connectivity index (χ4v) is 8.75. The second-order valence-corrected chi connectivity index (χ2v) is 15.2. The third-order valence-corrected chi connectivity index (χ3v) is 11.5. The summed E-state index contributed by atoms with van der Waals surface area (Å²) in [7, 11) is 0. The Hall–Kier alpha value is -7.37. The van der Waals surface area contributed by atoms with Crippen LogP contribution in [0.1, 0.15) is 25.0 Å². The van der Waals surface area contributed by atoms with E-state index in [1.807, 2.05) is 48.5 Å². The molecule has 0 amide bonds. The van der Waals surface area contributed by atoms with Crippen LogP contribution in [-0.4, -0.2) is 4.98 Å². The molecule has 0 saturated carbocycles. The van der Waals surface area contributed by atoms with E-state index in [4.69, 9.17) is 13.8 Å². The van der Waals surface area contributed by atoms with Gasteiger partial charge in [0.25, 0.3) is 0 Å². The zero-order valence-electron chi connectivity index (χ0n) is 31.6. The average Bonchev–Trinajstić information content (AvgIpc) is 3.93. The van der Waals surface area contributed by atoms with Gasteiger partial charge in [-0.1, -0.05) is 129 Å². The van der Waals surface area contributed by atoms with Crippen LogP contribution in [-0.2, 0) is 5.41 Å². The minimum Gasteiger partial charge on any atom is -0.454 e. The van der Waals surface area contributed by atoms with E-state index in [0.717, 1.165) is 67.1 Å². The molecule has 57 heavy (non-hydrogen) atoms. The highest BCUT2D eigenvalue weighted by Crippen LogP contribution is 2.52. The van der Waals surface area contributed by atoms with Gasteiger partial charge in [0.1, 0.15) is 11.1 Å². The van der Waals surface area contributed by atoms with Gasteiger partial charge in [0.2, 0.25) is 5.89 Å². The standard InChI is InChI=1S/C52H37N3O2/c1-52(2)43-26-14-12-23-39(43)40-30-29-37(31-44(40)52)54(35-19-8-4-9-20-35)47-33-38(32-45-50(47)57-51(53-45)34-17-6-3-7-18-34)55(36-21-10-5-11-22-36)46-27-16-25-42-41-24-13-15-28-48(41)56-49(42)46/h3-33H,1-2H3. The van der Waals surface area contributed by atoms with Gasteiger partial charge in [-0.25, -0.2) is 4.98 Å². The van der Waals surface area contributed by atoms with Gasteiger partial charge in [-0.3, -0.25) is 0 Å². The quantitative estimate of drug-likeness (QED) is 0.163. The number of rotatable bonds is 7. The largest absolute Gasteiger partial charge is 0.454 e. The molecule has 0 saturated heterocycles. The van der Waals surface area contributed by atoms with Crippen LogP contribution >= 0.6 is 0 Å². The molecule has 272 valence electrons. The first kappa shape index (κ1) is 33.0. The van der Waals surface area contributed by atoms with Crippen molar-refractivity contribution < 1.29 is 8.83 Å². The molecule has 0 radical (unpaired) electrons. The van der Waals surface area contributed by atoms with Crippen molar-refractivity contribution >= 4 is 67.2 Å². The Morgan fingerprint density at radius 1 is 0.439 bits per heavy atom. The fraction of sp³-hybridized carbons (Fsp3) is 0.0577. The molecule has 5 nitrogen and oxygen atoms in total. The molecule has 10 aromatic rings. The Balaban J connectivity index is 1.20. The number of oxazole rings is 1. The highest BCUT2D eigenvalue weighted by molar-refractivity contribution is 6.11. The summed E-state index contributed by atoms with van der Waals surface area (Å²) in [6.45, 7) is 4.65. The molecule has 1 aliphatic carbocycles. The van der Waals surface area contributed by atoms with E-state index >= 15 is 0 Å². The van der Waals surface area contributed by atoms with Crippen LogP contribution in [0.25, 0.3) is 55.6 Å². The molecule has 0 fully saturated rings. The van der Waals surface area contributed by atoms with E-state index < -0.39 is 0 Å². The number of hydrogen-bond donors (Lipinski definition) is 0. The van der Waals surface area contributed by atoms with E-state index in [1.54, 1.807) is 0 Å². The highest BCUT2D eigenvalue weighted by Gasteiger charge is 2.36. The van der Waals surface area contributed by atoms with Crippen molar-refractivity contribution in [3.63, 3.8) is 0 Å². The minimum atomic E-state index is -0.177. The van der Waals surface area contributed by atoms with Crippen molar-refractivity contribution in [1.29, 1.82) is 0 Å². The van der Waals surface area contributed by atoms with Crippen LogP contribution in [0.3, 0.4) is 0 Å². The van der Waals surface area contributed by atoms with Crippen LogP contribution in [0, 0.1) is 0 Å². The van der Waals surface area contributed by atoms with Gasteiger partial charge in [-0.15, -0.1) is 0 Å². The maximum absolute atomic E-state index is 6.86. The molecule has 0 N–H and O–H groups in total. The van der Waals surface area contributed by atoms with Gasteiger partial charge in [0, 0.05) is 38.8 Å². The SMILES string of the molecule is CC1(C)c2ccccc2-c2ccc(N(c3ccccc3)c3cc(N(c4ccccc4)c4cccc5c4oc4ccccc45)cc4nc(-c5ccccc5)oc34)cc21. The number of hydrogen-bond acceptors (Lipinski definition) is 5. The monoisotopic (exact) mass is 735 g/mol. The predicted octanol–water partition coefficient (Wildman–Crippen LogP) is 14.6. The minimum absolute atomic E-state index is 0.177. The van der Waals surface area contributed by atoms with Crippen molar-refractivity contribution in [2.45, 2.75) is 19.3 Å². The first-order chi connectivity index (χ1) is 28.0. The molecule has 0 atom stereocenters. The Morgan fingerprint density at radius 2 is 1.07 bits per heavy atom. The van der Waals surface area contributed by atoms with Gasteiger partial charge in [-0.05, 0) is 95.1 Å². The van der Waals surface area contributed by atoms with Crippen LogP contribution in [0.15, 0.2) is 197 Å². The van der Waals surface area contributed by atoms with Gasteiger partial charge >= 0.3 is 0 Å². The molecule has 0 bridgehead atoms. The van der Waals surface area contributed by atoms with Gasteiger partial charge in [0.05, 0.1) is 17.1 Å². The number of para-hydroxylation sites is 4. The van der Waals surface area contributed by atoms with Crippen molar-refractivity contribution in [1.82, 2.24) is 4.98 Å². The molecule has 2 heterocycles. The Kier molecular flexibility index (Phi) is 7.45. The Morgan fingerprint density at radius 3 is 1.84 bits per heavy atom. The van der Waals surface area contributed by atoms with Crippen LogP contribution < -0.4 is 9.80 Å². The van der Waals surface area contributed by atoms with Crippen LogP contribution in [0.4, 0.5) is 34.1 Å². The van der Waals surface area contributed by atoms with Gasteiger partial charge in [0.15, 0.2) is 11.2 Å². The highest BCUT2D eigenvalue weighted by atomic mass is 16.3. The van der Waals surface area contributed by atoms with Crippen molar-refractivity contribution in [2.24, 2.45) is 0 Å². The van der Waals surface area contributed by atoms with E-state index in [2.05, 4.69) is 163 Å². The lowest BCUT2D eigenvalue weighted by Crippen LogP contribution is -2.17. The number of anilines is 6. The number of nitrogens with zero attached hydrogens (tertiary/aromatic N) is 3. The van der Waals surface area contributed by atoms with E-state index in [-0.39, 0.29) is 5.41 Å². The molecule has 1 aliphatic rings. The Labute approximate surface area is 330 Å². The first-order valence-electron chi connectivity index (χ1n) is 19.4.